The highest BCUT2D eigenvalue weighted by Crippen LogP contribution is 2.07. The number of hydrogen-bond acceptors (Lipinski definition) is 2. The Hall–Kier alpha value is -1.51. The molecule has 0 saturated heterocycles. The molecule has 0 aliphatic rings. The fourth-order valence-corrected chi connectivity index (χ4v) is 1.21. The van der Waals surface area contributed by atoms with Crippen molar-refractivity contribution in [3.63, 3.8) is 0 Å². The first-order valence-electron chi connectivity index (χ1n) is 5.26. The molecule has 82 valence electrons. The summed E-state index contributed by atoms with van der Waals surface area (Å²) in [7, 11) is 0. The molecule has 0 aliphatic heterocycles. The number of allylic oxidation sites excluding steroid dienone is 1. The highest BCUT2D eigenvalue weighted by atomic mass is 16.3. The van der Waals surface area contributed by atoms with Gasteiger partial charge in [-0.05, 0) is 25.5 Å². The molecule has 0 spiro atoms. The molecule has 1 aromatic rings. The third-order valence-electron chi connectivity index (χ3n) is 2.07. The van der Waals surface area contributed by atoms with E-state index in [0.717, 1.165) is 18.6 Å². The van der Waals surface area contributed by atoms with Crippen molar-refractivity contribution in [1.29, 1.82) is 0 Å². The molecule has 0 unspecified atom stereocenters. The van der Waals surface area contributed by atoms with Crippen LogP contribution < -0.4 is 5.32 Å². The lowest BCUT2D eigenvalue weighted by Gasteiger charge is -1.99. The summed E-state index contributed by atoms with van der Waals surface area (Å²) in [5, 5.41) is 2.79. The minimum atomic E-state index is -0.140. The maximum atomic E-state index is 11.5. The summed E-state index contributed by atoms with van der Waals surface area (Å²) < 4.78 is 5.32. The summed E-state index contributed by atoms with van der Waals surface area (Å²) in [5.74, 6) is 1.10. The highest BCUT2D eigenvalue weighted by molar-refractivity contribution is 5.91. The first-order chi connectivity index (χ1) is 7.27. The van der Waals surface area contributed by atoms with Crippen molar-refractivity contribution < 1.29 is 9.21 Å². The molecule has 3 heteroatoms. The molecule has 3 nitrogen and oxygen atoms in total. The van der Waals surface area contributed by atoms with Crippen molar-refractivity contribution in [3.05, 3.63) is 35.8 Å². The number of hydrogen-bond donors (Lipinski definition) is 1. The fourth-order valence-electron chi connectivity index (χ4n) is 1.21. The molecule has 1 amide bonds. The van der Waals surface area contributed by atoms with Crippen molar-refractivity contribution in [2.75, 3.05) is 6.54 Å². The Bertz CT molecular complexity index is 339. The average Bonchev–Trinajstić information content (AvgIpc) is 2.72. The smallest absolute Gasteiger partial charge is 0.287 e. The van der Waals surface area contributed by atoms with E-state index in [-0.39, 0.29) is 5.91 Å². The molecule has 15 heavy (non-hydrogen) atoms. The van der Waals surface area contributed by atoms with Gasteiger partial charge in [-0.15, -0.1) is 0 Å². The Morgan fingerprint density at radius 2 is 2.33 bits per heavy atom. The lowest BCUT2D eigenvalue weighted by atomic mass is 10.3. The quantitative estimate of drug-likeness (QED) is 0.595. The van der Waals surface area contributed by atoms with E-state index in [2.05, 4.69) is 5.32 Å². The number of carbonyl (C=O) groups is 1. The van der Waals surface area contributed by atoms with Gasteiger partial charge < -0.3 is 9.73 Å². The standard InChI is InChI=1S/C12H17NO2/c1-3-5-6-9-13-12(14)11-8-7-10(4-2)15-11/h3,5,7-8H,4,6,9H2,1-2H3,(H,13,14)/b5-3+. The van der Waals surface area contributed by atoms with Crippen molar-refractivity contribution in [1.82, 2.24) is 5.32 Å². The molecule has 1 aromatic heterocycles. The van der Waals surface area contributed by atoms with Crippen molar-refractivity contribution in [3.8, 4) is 0 Å². The molecule has 0 saturated carbocycles. The van der Waals surface area contributed by atoms with Gasteiger partial charge in [-0.3, -0.25) is 4.79 Å². The van der Waals surface area contributed by atoms with Gasteiger partial charge in [-0.25, -0.2) is 0 Å². The van der Waals surface area contributed by atoms with Crippen LogP contribution in [0.25, 0.3) is 0 Å². The van der Waals surface area contributed by atoms with E-state index < -0.39 is 0 Å². The molecule has 0 aliphatic carbocycles. The second-order valence-corrected chi connectivity index (χ2v) is 3.23. The van der Waals surface area contributed by atoms with Crippen LogP contribution in [-0.2, 0) is 6.42 Å². The molecule has 0 radical (unpaired) electrons. The Balaban J connectivity index is 2.39. The number of aryl methyl sites for hydroxylation is 1. The van der Waals surface area contributed by atoms with Gasteiger partial charge in [-0.1, -0.05) is 19.1 Å². The van der Waals surface area contributed by atoms with Crippen molar-refractivity contribution in [2.24, 2.45) is 0 Å². The van der Waals surface area contributed by atoms with E-state index in [4.69, 9.17) is 4.42 Å². The second kappa shape index (κ2) is 6.06. The number of nitrogens with one attached hydrogen (secondary N) is 1. The van der Waals surface area contributed by atoms with Gasteiger partial charge in [0.05, 0.1) is 0 Å². The van der Waals surface area contributed by atoms with Gasteiger partial charge in [0.25, 0.3) is 5.91 Å². The van der Waals surface area contributed by atoms with Crippen LogP contribution in [0.3, 0.4) is 0 Å². The van der Waals surface area contributed by atoms with Gasteiger partial charge in [0.15, 0.2) is 5.76 Å². The lowest BCUT2D eigenvalue weighted by molar-refractivity contribution is 0.0925. The van der Waals surface area contributed by atoms with Crippen molar-refractivity contribution in [2.45, 2.75) is 26.7 Å². The Kier molecular flexibility index (Phi) is 4.68. The normalized spacial score (nSPS) is 10.8. The summed E-state index contributed by atoms with van der Waals surface area (Å²) in [6.45, 7) is 4.60. The van der Waals surface area contributed by atoms with E-state index in [1.807, 2.05) is 32.1 Å². The second-order valence-electron chi connectivity index (χ2n) is 3.23. The van der Waals surface area contributed by atoms with Crippen molar-refractivity contribution >= 4 is 5.91 Å². The largest absolute Gasteiger partial charge is 0.456 e. The van der Waals surface area contributed by atoms with Gasteiger partial charge in [0.2, 0.25) is 0 Å². The van der Waals surface area contributed by atoms with Gasteiger partial charge in [-0.2, -0.15) is 0 Å². The molecule has 1 N–H and O–H groups in total. The number of furan rings is 1. The van der Waals surface area contributed by atoms with Gasteiger partial charge in [0, 0.05) is 13.0 Å². The predicted octanol–water partition coefficient (Wildman–Crippen LogP) is 2.54. The molecule has 1 rings (SSSR count). The van der Waals surface area contributed by atoms with Crippen LogP contribution in [0, 0.1) is 0 Å². The average molecular weight is 207 g/mol. The summed E-state index contributed by atoms with van der Waals surface area (Å²) in [6, 6.07) is 3.55. The van der Waals surface area contributed by atoms with Crippen LogP contribution in [0.2, 0.25) is 0 Å². The SMILES string of the molecule is C/C=C/CCNC(=O)c1ccc(CC)o1. The minimum absolute atomic E-state index is 0.140. The first kappa shape index (κ1) is 11.6. The zero-order valence-corrected chi connectivity index (χ0v) is 9.25. The summed E-state index contributed by atoms with van der Waals surface area (Å²) in [5.41, 5.74) is 0. The summed E-state index contributed by atoms with van der Waals surface area (Å²) in [4.78, 5) is 11.5. The maximum Gasteiger partial charge on any atom is 0.287 e. The topological polar surface area (TPSA) is 42.2 Å². The Morgan fingerprint density at radius 3 is 2.93 bits per heavy atom. The third-order valence-corrected chi connectivity index (χ3v) is 2.07. The Morgan fingerprint density at radius 1 is 1.53 bits per heavy atom. The summed E-state index contributed by atoms with van der Waals surface area (Å²) >= 11 is 0. The lowest BCUT2D eigenvalue weighted by Crippen LogP contribution is -2.23. The zero-order chi connectivity index (χ0) is 11.1. The molecular formula is C12H17NO2. The van der Waals surface area contributed by atoms with E-state index in [1.165, 1.54) is 0 Å². The third kappa shape index (κ3) is 3.62. The molecule has 0 fully saturated rings. The van der Waals surface area contributed by atoms with Crippen LogP contribution in [0.5, 0.6) is 0 Å². The van der Waals surface area contributed by atoms with Crippen LogP contribution in [0.15, 0.2) is 28.7 Å². The highest BCUT2D eigenvalue weighted by Gasteiger charge is 2.08. The number of amides is 1. The minimum Gasteiger partial charge on any atom is -0.456 e. The van der Waals surface area contributed by atoms with Crippen LogP contribution >= 0.6 is 0 Å². The molecular weight excluding hydrogens is 190 g/mol. The fraction of sp³-hybridized carbons (Fsp3) is 0.417. The van der Waals surface area contributed by atoms with Gasteiger partial charge in [0.1, 0.15) is 5.76 Å². The molecule has 0 aromatic carbocycles. The van der Waals surface area contributed by atoms with E-state index >= 15 is 0 Å². The summed E-state index contributed by atoms with van der Waals surface area (Å²) in [6.07, 6.45) is 5.64. The van der Waals surface area contributed by atoms with Gasteiger partial charge >= 0.3 is 0 Å². The number of carbonyl (C=O) groups excluding carboxylic acids is 1. The van der Waals surface area contributed by atoms with Crippen LogP contribution in [0.1, 0.15) is 36.6 Å². The molecule has 1 heterocycles. The monoisotopic (exact) mass is 207 g/mol. The number of rotatable bonds is 5. The maximum absolute atomic E-state index is 11.5. The molecule has 0 bridgehead atoms. The van der Waals surface area contributed by atoms with Crippen LogP contribution in [-0.4, -0.2) is 12.5 Å². The van der Waals surface area contributed by atoms with E-state index in [0.29, 0.717) is 12.3 Å². The molecule has 0 atom stereocenters. The van der Waals surface area contributed by atoms with E-state index in [1.54, 1.807) is 6.07 Å². The zero-order valence-electron chi connectivity index (χ0n) is 9.25. The van der Waals surface area contributed by atoms with E-state index in [9.17, 15) is 4.79 Å². The first-order valence-corrected chi connectivity index (χ1v) is 5.26. The predicted molar refractivity (Wildman–Crippen MR) is 59.9 cm³/mol. The van der Waals surface area contributed by atoms with Crippen LogP contribution in [0.4, 0.5) is 0 Å². The Labute approximate surface area is 90.2 Å².